The third kappa shape index (κ3) is 6.14. The van der Waals surface area contributed by atoms with Crippen LogP contribution in [-0.2, 0) is 20.7 Å². The lowest BCUT2D eigenvalue weighted by atomic mass is 9.93. The fourth-order valence-electron chi connectivity index (χ4n) is 7.30. The molecule has 0 aliphatic carbocycles. The van der Waals surface area contributed by atoms with E-state index in [1.807, 2.05) is 47.1 Å². The highest BCUT2D eigenvalue weighted by Gasteiger charge is 2.35. The van der Waals surface area contributed by atoms with Crippen molar-refractivity contribution in [3.05, 3.63) is 63.8 Å². The van der Waals surface area contributed by atoms with Crippen molar-refractivity contribution < 1.29 is 23.8 Å². The lowest BCUT2D eigenvalue weighted by Crippen LogP contribution is -2.45. The number of fused-ring (bicyclic) bond motifs is 4. The fourth-order valence-corrected chi connectivity index (χ4v) is 7.47. The molecule has 0 spiro atoms. The molecule has 5 aromatic rings. The standard InChI is InChI=1S/C35H39ClN6O6/c1-20-19-40(16-13-25(20)42-26-11-10-22(36)18-24(26)37-35(42)46)30(43)14-17-47-21(2)9-12-29-38-31-23-6-3-4-8-28(23)48-32(31)33(39-29)41-15-5-7-27(41)34(44)45/h3-4,6,8,10-11,18,20-21,25,27H,5,7,9,12-17,19H2,1-2H3,(H,37,46)(H,44,45)/t20-,21?,25-,27-/m0/s1. The number of likely N-dealkylation sites (tertiary alicyclic amines) is 1. The molecule has 3 aromatic heterocycles. The number of aliphatic carboxylic acids is 1. The lowest BCUT2D eigenvalue weighted by Gasteiger charge is -2.37. The number of nitrogens with one attached hydrogen (secondary N) is 1. The van der Waals surface area contributed by atoms with Crippen LogP contribution < -0.4 is 10.6 Å². The summed E-state index contributed by atoms with van der Waals surface area (Å²) in [7, 11) is 0. The van der Waals surface area contributed by atoms with Crippen molar-refractivity contribution in [1.82, 2.24) is 24.4 Å². The average molecular weight is 675 g/mol. The molecule has 1 unspecified atom stereocenters. The Hall–Kier alpha value is -4.42. The van der Waals surface area contributed by atoms with Crippen LogP contribution in [0.3, 0.4) is 0 Å². The number of halogens is 1. The van der Waals surface area contributed by atoms with Gasteiger partial charge in [0.1, 0.15) is 23.0 Å². The highest BCUT2D eigenvalue weighted by Crippen LogP contribution is 2.36. The summed E-state index contributed by atoms with van der Waals surface area (Å²) in [5.41, 5.74) is 3.24. The van der Waals surface area contributed by atoms with Gasteiger partial charge in [0.25, 0.3) is 0 Å². The Balaban J connectivity index is 0.955. The Morgan fingerprint density at radius 1 is 1.17 bits per heavy atom. The second kappa shape index (κ2) is 13.2. The van der Waals surface area contributed by atoms with Crippen molar-refractivity contribution in [2.45, 2.75) is 70.6 Å². The molecule has 0 bridgehead atoms. The number of carbonyl (C=O) groups is 2. The van der Waals surface area contributed by atoms with Gasteiger partial charge in [-0.05, 0) is 68.9 Å². The number of imidazole rings is 1. The molecule has 2 saturated heterocycles. The number of carbonyl (C=O) groups excluding carboxylic acids is 1. The molecule has 5 heterocycles. The number of H-pyrrole nitrogens is 1. The molecular weight excluding hydrogens is 636 g/mol. The Morgan fingerprint density at radius 2 is 2.00 bits per heavy atom. The third-order valence-electron chi connectivity index (χ3n) is 9.77. The maximum atomic E-state index is 13.1. The normalized spacial score (nSPS) is 20.7. The lowest BCUT2D eigenvalue weighted by molar-refractivity contribution is -0.138. The van der Waals surface area contributed by atoms with Crippen LogP contribution in [0.15, 0.2) is 51.7 Å². The largest absolute Gasteiger partial charge is 0.480 e. The molecule has 2 N–H and O–H groups in total. The van der Waals surface area contributed by atoms with E-state index in [-0.39, 0.29) is 36.1 Å². The van der Waals surface area contributed by atoms with Gasteiger partial charge in [-0.3, -0.25) is 9.36 Å². The zero-order chi connectivity index (χ0) is 33.5. The smallest absolute Gasteiger partial charge is 0.326 e. The van der Waals surface area contributed by atoms with Crippen molar-refractivity contribution >= 4 is 62.4 Å². The number of amides is 1. The second-order valence-electron chi connectivity index (χ2n) is 13.0. The van der Waals surface area contributed by atoms with E-state index in [1.165, 1.54) is 0 Å². The molecule has 2 aliphatic heterocycles. The predicted molar refractivity (Wildman–Crippen MR) is 183 cm³/mol. The summed E-state index contributed by atoms with van der Waals surface area (Å²) in [6.07, 6.45) is 3.27. The number of aromatic amines is 1. The van der Waals surface area contributed by atoms with Crippen LogP contribution in [0.25, 0.3) is 33.1 Å². The summed E-state index contributed by atoms with van der Waals surface area (Å²) in [4.78, 5) is 54.2. The van der Waals surface area contributed by atoms with Gasteiger partial charge in [-0.2, -0.15) is 0 Å². The van der Waals surface area contributed by atoms with Crippen molar-refractivity contribution in [3.8, 4) is 0 Å². The number of hydrogen-bond donors (Lipinski definition) is 2. The first kappa shape index (κ1) is 32.1. The number of piperidine rings is 1. The number of ether oxygens (including phenoxy) is 1. The maximum absolute atomic E-state index is 13.1. The zero-order valence-corrected chi connectivity index (χ0v) is 27.8. The highest BCUT2D eigenvalue weighted by molar-refractivity contribution is 6.31. The molecule has 2 fully saturated rings. The Labute approximate surface area is 281 Å². The van der Waals surface area contributed by atoms with Crippen molar-refractivity contribution in [3.63, 3.8) is 0 Å². The number of para-hydroxylation sites is 1. The molecular formula is C35H39ClN6O6. The Bertz CT molecular complexity index is 2050. The van der Waals surface area contributed by atoms with Gasteiger partial charge >= 0.3 is 11.7 Å². The minimum absolute atomic E-state index is 0.0183. The molecule has 12 nitrogen and oxygen atoms in total. The molecule has 2 aromatic carbocycles. The summed E-state index contributed by atoms with van der Waals surface area (Å²) in [5, 5.41) is 11.3. The highest BCUT2D eigenvalue weighted by atomic mass is 35.5. The number of carboxylic acids is 1. The molecule has 0 radical (unpaired) electrons. The van der Waals surface area contributed by atoms with Crippen LogP contribution >= 0.6 is 11.6 Å². The quantitative estimate of drug-likeness (QED) is 0.194. The number of aromatic nitrogens is 4. The summed E-state index contributed by atoms with van der Waals surface area (Å²) in [6.45, 7) is 6.06. The first-order valence-electron chi connectivity index (χ1n) is 16.6. The van der Waals surface area contributed by atoms with E-state index in [1.54, 1.807) is 16.7 Å². The number of aryl methyl sites for hydroxylation is 1. The number of hydrogen-bond acceptors (Lipinski definition) is 8. The van der Waals surface area contributed by atoms with Gasteiger partial charge in [0.15, 0.2) is 11.4 Å². The molecule has 0 saturated carbocycles. The van der Waals surface area contributed by atoms with E-state index in [0.29, 0.717) is 90.8 Å². The number of anilines is 1. The van der Waals surface area contributed by atoms with Gasteiger partial charge < -0.3 is 29.0 Å². The van der Waals surface area contributed by atoms with Gasteiger partial charge in [-0.25, -0.2) is 19.6 Å². The topological polar surface area (TPSA) is 147 Å². The molecule has 13 heteroatoms. The van der Waals surface area contributed by atoms with Crippen LogP contribution in [0.1, 0.15) is 57.8 Å². The predicted octanol–water partition coefficient (Wildman–Crippen LogP) is 5.56. The Kier molecular flexibility index (Phi) is 8.86. The van der Waals surface area contributed by atoms with Gasteiger partial charge in [0, 0.05) is 42.5 Å². The first-order chi connectivity index (χ1) is 23.2. The maximum Gasteiger partial charge on any atom is 0.326 e. The minimum Gasteiger partial charge on any atom is -0.480 e. The SMILES string of the molecule is CC(CCc1nc(N2CCC[C@H]2C(=O)O)c2oc3ccccc3c2n1)OCCC(=O)N1CC[C@H](n2c(=O)[nH]c3cc(Cl)ccc32)[C@@H](C)C1. The van der Waals surface area contributed by atoms with E-state index < -0.39 is 12.0 Å². The van der Waals surface area contributed by atoms with E-state index in [2.05, 4.69) is 11.9 Å². The first-order valence-corrected chi connectivity index (χ1v) is 17.0. The fraction of sp³-hybridized carbons (Fsp3) is 0.457. The summed E-state index contributed by atoms with van der Waals surface area (Å²) >= 11 is 6.12. The van der Waals surface area contributed by atoms with Crippen LogP contribution in [0.4, 0.5) is 5.82 Å². The number of nitrogens with zero attached hydrogens (tertiary/aromatic N) is 5. The van der Waals surface area contributed by atoms with E-state index >= 15 is 0 Å². The second-order valence-corrected chi connectivity index (χ2v) is 13.5. The molecule has 7 rings (SSSR count). The van der Waals surface area contributed by atoms with Gasteiger partial charge in [0.2, 0.25) is 5.91 Å². The van der Waals surface area contributed by atoms with Crippen LogP contribution in [0.2, 0.25) is 5.02 Å². The summed E-state index contributed by atoms with van der Waals surface area (Å²) in [6, 6.07) is 12.4. The van der Waals surface area contributed by atoms with Crippen molar-refractivity contribution in [2.75, 3.05) is 31.1 Å². The van der Waals surface area contributed by atoms with Crippen LogP contribution in [0, 0.1) is 5.92 Å². The number of rotatable bonds is 10. The molecule has 48 heavy (non-hydrogen) atoms. The summed E-state index contributed by atoms with van der Waals surface area (Å²) < 4.78 is 14.0. The molecule has 2 aliphatic rings. The van der Waals surface area contributed by atoms with Gasteiger partial charge in [0.05, 0.1) is 30.2 Å². The summed E-state index contributed by atoms with van der Waals surface area (Å²) in [5.74, 6) is 0.376. The number of benzene rings is 2. The van der Waals surface area contributed by atoms with E-state index in [0.717, 1.165) is 17.3 Å². The van der Waals surface area contributed by atoms with Crippen molar-refractivity contribution in [2.24, 2.45) is 5.92 Å². The zero-order valence-electron chi connectivity index (χ0n) is 27.0. The van der Waals surface area contributed by atoms with E-state index in [4.69, 9.17) is 30.7 Å². The van der Waals surface area contributed by atoms with E-state index in [9.17, 15) is 19.5 Å². The number of carboxylic acid groups (broad SMARTS) is 1. The van der Waals surface area contributed by atoms with Gasteiger partial charge in [-0.15, -0.1) is 0 Å². The van der Waals surface area contributed by atoms with Crippen molar-refractivity contribution in [1.29, 1.82) is 0 Å². The minimum atomic E-state index is -0.872. The number of furan rings is 1. The van der Waals surface area contributed by atoms with Crippen LogP contribution in [0.5, 0.6) is 0 Å². The van der Waals surface area contributed by atoms with Crippen LogP contribution in [-0.4, -0.2) is 79.8 Å². The van der Waals surface area contributed by atoms with Gasteiger partial charge in [-0.1, -0.05) is 30.7 Å². The molecule has 4 atom stereocenters. The Morgan fingerprint density at radius 3 is 2.81 bits per heavy atom. The average Bonchev–Trinajstić information content (AvgIpc) is 3.78. The molecule has 1 amide bonds. The third-order valence-corrected chi connectivity index (χ3v) is 10.0. The monoisotopic (exact) mass is 674 g/mol. The molecule has 252 valence electrons.